The van der Waals surface area contributed by atoms with E-state index in [0.29, 0.717) is 5.92 Å². The lowest BCUT2D eigenvalue weighted by atomic mass is 9.89. The van der Waals surface area contributed by atoms with Crippen LogP contribution in [0.5, 0.6) is 0 Å². The van der Waals surface area contributed by atoms with Crippen molar-refractivity contribution < 1.29 is 9.18 Å². The molecule has 0 saturated carbocycles. The molecule has 4 nitrogen and oxygen atoms in total. The zero-order chi connectivity index (χ0) is 18.1. The minimum absolute atomic E-state index is 0.182. The number of rotatable bonds is 4. The number of thioether (sulfide) groups is 1. The summed E-state index contributed by atoms with van der Waals surface area (Å²) in [4.78, 5) is 23.4. The number of aromatic nitrogens is 2. The molecule has 2 aromatic heterocycles. The number of halogens is 1. The first kappa shape index (κ1) is 17.4. The number of amides is 1. The van der Waals surface area contributed by atoms with Crippen molar-refractivity contribution in [3.8, 4) is 0 Å². The number of carbonyl (C=O) groups excluding carboxylic acids is 1. The molecule has 1 aliphatic rings. The number of thiophene rings is 1. The number of para-hydroxylation sites is 1. The predicted octanol–water partition coefficient (Wildman–Crippen LogP) is 4.69. The SMILES string of the molecule is CC1CCc2c(sc3ncnc(SCC(=O)Nc4ccccc4F)c23)C1. The molecule has 1 amide bonds. The molecule has 0 fully saturated rings. The van der Waals surface area contributed by atoms with Crippen molar-refractivity contribution in [1.82, 2.24) is 9.97 Å². The molecule has 1 aromatic carbocycles. The number of carbonyl (C=O) groups is 1. The van der Waals surface area contributed by atoms with Gasteiger partial charge in [0.05, 0.1) is 11.4 Å². The first-order valence-electron chi connectivity index (χ1n) is 8.54. The molecule has 0 spiro atoms. The van der Waals surface area contributed by atoms with Gasteiger partial charge in [-0.2, -0.15) is 0 Å². The van der Waals surface area contributed by atoms with E-state index in [-0.39, 0.29) is 17.3 Å². The molecule has 0 radical (unpaired) electrons. The summed E-state index contributed by atoms with van der Waals surface area (Å²) >= 11 is 3.12. The number of nitrogens with one attached hydrogen (secondary N) is 1. The number of aryl methyl sites for hydroxylation is 1. The normalized spacial score (nSPS) is 16.5. The fourth-order valence-corrected chi connectivity index (χ4v) is 5.48. The van der Waals surface area contributed by atoms with Crippen LogP contribution in [-0.4, -0.2) is 21.6 Å². The Morgan fingerprint density at radius 3 is 3.08 bits per heavy atom. The van der Waals surface area contributed by atoms with Gasteiger partial charge >= 0.3 is 0 Å². The van der Waals surface area contributed by atoms with Crippen LogP contribution in [0.3, 0.4) is 0 Å². The van der Waals surface area contributed by atoms with Crippen LogP contribution < -0.4 is 5.32 Å². The van der Waals surface area contributed by atoms with Gasteiger partial charge in [0.1, 0.15) is 22.0 Å². The van der Waals surface area contributed by atoms with Crippen molar-refractivity contribution in [1.29, 1.82) is 0 Å². The van der Waals surface area contributed by atoms with Crippen molar-refractivity contribution in [2.75, 3.05) is 11.1 Å². The van der Waals surface area contributed by atoms with Crippen molar-refractivity contribution in [2.24, 2.45) is 5.92 Å². The van der Waals surface area contributed by atoms with Crippen LogP contribution in [0, 0.1) is 11.7 Å². The second-order valence-electron chi connectivity index (χ2n) is 6.53. The maximum atomic E-state index is 13.7. The molecule has 4 rings (SSSR count). The Balaban J connectivity index is 1.52. The molecule has 7 heteroatoms. The third-order valence-electron chi connectivity index (χ3n) is 4.54. The summed E-state index contributed by atoms with van der Waals surface area (Å²) in [5, 5.41) is 4.55. The van der Waals surface area contributed by atoms with Crippen LogP contribution in [0.1, 0.15) is 23.8 Å². The minimum atomic E-state index is -0.434. The Morgan fingerprint density at radius 2 is 2.23 bits per heavy atom. The standard InChI is InChI=1S/C19H18FN3OS2/c1-11-6-7-12-15(8-11)26-19-17(12)18(21-10-22-19)25-9-16(24)23-14-5-3-2-4-13(14)20/h2-5,10-11H,6-9H2,1H3,(H,23,24). The summed E-state index contributed by atoms with van der Waals surface area (Å²) in [6.07, 6.45) is 4.86. The van der Waals surface area contributed by atoms with E-state index in [2.05, 4.69) is 22.2 Å². The van der Waals surface area contributed by atoms with Gasteiger partial charge in [0.2, 0.25) is 5.91 Å². The van der Waals surface area contributed by atoms with E-state index in [1.807, 2.05) is 0 Å². The fourth-order valence-electron chi connectivity index (χ4n) is 3.24. The lowest BCUT2D eigenvalue weighted by Crippen LogP contribution is -2.15. The molecule has 2 heterocycles. The van der Waals surface area contributed by atoms with Gasteiger partial charge in [0.25, 0.3) is 0 Å². The van der Waals surface area contributed by atoms with E-state index in [0.717, 1.165) is 28.1 Å². The fraction of sp³-hybridized carbons (Fsp3) is 0.316. The van der Waals surface area contributed by atoms with Crippen LogP contribution in [0.25, 0.3) is 10.2 Å². The van der Waals surface area contributed by atoms with Crippen molar-refractivity contribution >= 4 is 44.9 Å². The Labute approximate surface area is 159 Å². The third kappa shape index (κ3) is 3.46. The Hall–Kier alpha value is -1.99. The highest BCUT2D eigenvalue weighted by Crippen LogP contribution is 2.40. The number of anilines is 1. The zero-order valence-electron chi connectivity index (χ0n) is 14.3. The summed E-state index contributed by atoms with van der Waals surface area (Å²) in [5.41, 5.74) is 1.55. The second kappa shape index (κ2) is 7.32. The van der Waals surface area contributed by atoms with Crippen LogP contribution in [0.2, 0.25) is 0 Å². The topological polar surface area (TPSA) is 54.9 Å². The first-order valence-corrected chi connectivity index (χ1v) is 10.3. The minimum Gasteiger partial charge on any atom is -0.323 e. The van der Waals surface area contributed by atoms with Crippen molar-refractivity contribution in [3.63, 3.8) is 0 Å². The summed E-state index contributed by atoms with van der Waals surface area (Å²) < 4.78 is 13.7. The van der Waals surface area contributed by atoms with Gasteiger partial charge in [-0.1, -0.05) is 30.8 Å². The van der Waals surface area contributed by atoms with Gasteiger partial charge in [0, 0.05) is 10.3 Å². The summed E-state index contributed by atoms with van der Waals surface area (Å²) in [6, 6.07) is 6.17. The molecule has 0 saturated heterocycles. The highest BCUT2D eigenvalue weighted by molar-refractivity contribution is 8.00. The van der Waals surface area contributed by atoms with Crippen LogP contribution >= 0.6 is 23.1 Å². The Bertz CT molecular complexity index is 973. The van der Waals surface area contributed by atoms with Gasteiger partial charge in [-0.05, 0) is 42.9 Å². The van der Waals surface area contributed by atoms with E-state index in [9.17, 15) is 9.18 Å². The Kier molecular flexibility index (Phi) is 4.91. The molecular weight excluding hydrogens is 369 g/mol. The van der Waals surface area contributed by atoms with E-state index >= 15 is 0 Å². The van der Waals surface area contributed by atoms with Gasteiger partial charge in [0.15, 0.2) is 0 Å². The van der Waals surface area contributed by atoms with Crippen LogP contribution in [0.4, 0.5) is 10.1 Å². The largest absolute Gasteiger partial charge is 0.323 e. The van der Waals surface area contributed by atoms with E-state index in [1.54, 1.807) is 35.9 Å². The van der Waals surface area contributed by atoms with E-state index in [4.69, 9.17) is 0 Å². The number of fused-ring (bicyclic) bond motifs is 3. The van der Waals surface area contributed by atoms with Crippen LogP contribution in [0.15, 0.2) is 35.6 Å². The molecular formula is C19H18FN3OS2. The maximum Gasteiger partial charge on any atom is 0.234 e. The van der Waals surface area contributed by atoms with Crippen molar-refractivity contribution in [3.05, 3.63) is 46.9 Å². The van der Waals surface area contributed by atoms with Crippen LogP contribution in [-0.2, 0) is 17.6 Å². The molecule has 3 aromatic rings. The van der Waals surface area contributed by atoms with E-state index in [1.165, 1.54) is 34.7 Å². The summed E-state index contributed by atoms with van der Waals surface area (Å²) in [6.45, 7) is 2.28. The Morgan fingerprint density at radius 1 is 1.38 bits per heavy atom. The molecule has 1 atom stereocenters. The quantitative estimate of drug-likeness (QED) is 0.521. The van der Waals surface area contributed by atoms with Crippen molar-refractivity contribution in [2.45, 2.75) is 31.2 Å². The maximum absolute atomic E-state index is 13.7. The smallest absolute Gasteiger partial charge is 0.234 e. The lowest BCUT2D eigenvalue weighted by Gasteiger charge is -2.18. The molecule has 1 aliphatic carbocycles. The average Bonchev–Trinajstić information content (AvgIpc) is 3.00. The second-order valence-corrected chi connectivity index (χ2v) is 8.58. The molecule has 134 valence electrons. The summed E-state index contributed by atoms with van der Waals surface area (Å²) in [7, 11) is 0. The predicted molar refractivity (Wildman–Crippen MR) is 104 cm³/mol. The third-order valence-corrected chi connectivity index (χ3v) is 6.70. The van der Waals surface area contributed by atoms with Gasteiger partial charge in [-0.15, -0.1) is 11.3 Å². The van der Waals surface area contributed by atoms with E-state index < -0.39 is 5.82 Å². The van der Waals surface area contributed by atoms with Gasteiger partial charge < -0.3 is 5.32 Å². The molecule has 0 aliphatic heterocycles. The molecule has 26 heavy (non-hydrogen) atoms. The highest BCUT2D eigenvalue weighted by Gasteiger charge is 2.23. The van der Waals surface area contributed by atoms with Gasteiger partial charge in [-0.25, -0.2) is 14.4 Å². The zero-order valence-corrected chi connectivity index (χ0v) is 15.9. The number of nitrogens with zero attached hydrogens (tertiary/aromatic N) is 2. The summed E-state index contributed by atoms with van der Waals surface area (Å²) in [5.74, 6) is 0.202. The average molecular weight is 388 g/mol. The van der Waals surface area contributed by atoms with Gasteiger partial charge in [-0.3, -0.25) is 4.79 Å². The molecule has 0 bridgehead atoms. The monoisotopic (exact) mass is 387 g/mol. The molecule has 1 unspecified atom stereocenters. The number of hydrogen-bond acceptors (Lipinski definition) is 5. The number of hydrogen-bond donors (Lipinski definition) is 1. The lowest BCUT2D eigenvalue weighted by molar-refractivity contribution is -0.113. The first-order chi connectivity index (χ1) is 12.6. The highest BCUT2D eigenvalue weighted by atomic mass is 32.2. The number of benzene rings is 1. The molecule has 1 N–H and O–H groups in total.